The fraction of sp³-hybridized carbons (Fsp3) is 0.333. The quantitative estimate of drug-likeness (QED) is 0.514. The Morgan fingerprint density at radius 1 is 0.880 bits per heavy atom. The van der Waals surface area contributed by atoms with E-state index in [1.165, 1.54) is 30.4 Å². The SMILES string of the molecule is CCCCC1=CC([Si](C)(C)C2C=Cc3ccccc32)c2ccccc21. The average molecular weight is 345 g/mol. The molecule has 0 aliphatic heterocycles. The highest BCUT2D eigenvalue weighted by Gasteiger charge is 2.43. The van der Waals surface area contributed by atoms with Gasteiger partial charge in [0.1, 0.15) is 0 Å². The maximum absolute atomic E-state index is 2.64. The third-order valence-corrected chi connectivity index (χ3v) is 10.4. The Hall–Kier alpha value is -1.86. The molecular formula is C24H28Si. The number of rotatable bonds is 5. The van der Waals surface area contributed by atoms with Gasteiger partial charge in [0.15, 0.2) is 0 Å². The molecule has 25 heavy (non-hydrogen) atoms. The summed E-state index contributed by atoms with van der Waals surface area (Å²) in [4.78, 5) is 0. The third kappa shape index (κ3) is 2.75. The standard InChI is InChI=1S/C24H28Si/c1-4-5-10-19-17-24(22-14-9-8-12-20(19)22)25(2,3)23-16-15-18-11-6-7-13-21(18)23/h6-9,11-17,23-24H,4-5,10H2,1-3H3. The van der Waals surface area contributed by atoms with E-state index >= 15 is 0 Å². The predicted molar refractivity (Wildman–Crippen MR) is 112 cm³/mol. The molecule has 0 amide bonds. The number of unbranched alkanes of at least 4 members (excludes halogenated alkanes) is 1. The first-order chi connectivity index (χ1) is 12.1. The molecule has 2 aliphatic rings. The molecule has 0 saturated carbocycles. The zero-order valence-corrected chi connectivity index (χ0v) is 16.6. The number of benzene rings is 2. The molecule has 0 saturated heterocycles. The normalized spacial score (nSPS) is 21.2. The molecule has 0 N–H and O–H groups in total. The van der Waals surface area contributed by atoms with Gasteiger partial charge in [0, 0.05) is 0 Å². The minimum Gasteiger partial charge on any atom is -0.0791 e. The fourth-order valence-corrected chi connectivity index (χ4v) is 8.46. The number of hydrogen-bond donors (Lipinski definition) is 0. The van der Waals surface area contributed by atoms with Crippen LogP contribution in [0.4, 0.5) is 0 Å². The van der Waals surface area contributed by atoms with Gasteiger partial charge in [-0.15, -0.1) is 0 Å². The second-order valence-electron chi connectivity index (χ2n) is 8.15. The van der Waals surface area contributed by atoms with Crippen molar-refractivity contribution in [3.63, 3.8) is 0 Å². The summed E-state index contributed by atoms with van der Waals surface area (Å²) in [5.41, 5.74) is 8.92. The second-order valence-corrected chi connectivity index (χ2v) is 13.0. The highest BCUT2D eigenvalue weighted by Crippen LogP contribution is 2.49. The van der Waals surface area contributed by atoms with Crippen molar-refractivity contribution < 1.29 is 0 Å². The molecule has 0 nitrogen and oxygen atoms in total. The molecule has 128 valence electrons. The summed E-state index contributed by atoms with van der Waals surface area (Å²) >= 11 is 0. The van der Waals surface area contributed by atoms with Crippen molar-refractivity contribution in [1.82, 2.24) is 0 Å². The molecule has 0 bridgehead atoms. The van der Waals surface area contributed by atoms with Crippen molar-refractivity contribution in [3.05, 3.63) is 82.9 Å². The Labute approximate surface area is 153 Å². The van der Waals surface area contributed by atoms with Gasteiger partial charge < -0.3 is 0 Å². The lowest BCUT2D eigenvalue weighted by Crippen LogP contribution is -2.39. The van der Waals surface area contributed by atoms with Gasteiger partial charge in [-0.2, -0.15) is 0 Å². The molecule has 0 heterocycles. The number of allylic oxidation sites excluding steroid dienone is 3. The molecule has 4 rings (SSSR count). The van der Waals surface area contributed by atoms with E-state index in [0.717, 1.165) is 0 Å². The molecule has 2 atom stereocenters. The van der Waals surface area contributed by atoms with Crippen molar-refractivity contribution in [3.8, 4) is 0 Å². The Morgan fingerprint density at radius 2 is 1.60 bits per heavy atom. The molecular weight excluding hydrogens is 316 g/mol. The molecule has 2 unspecified atom stereocenters. The lowest BCUT2D eigenvalue weighted by atomic mass is 10.0. The molecule has 2 aromatic carbocycles. The molecule has 2 aliphatic carbocycles. The molecule has 0 spiro atoms. The van der Waals surface area contributed by atoms with E-state index in [1.807, 2.05) is 0 Å². The monoisotopic (exact) mass is 344 g/mol. The van der Waals surface area contributed by atoms with E-state index in [0.29, 0.717) is 11.1 Å². The molecule has 0 aromatic heterocycles. The maximum Gasteiger partial charge on any atom is 0.0715 e. The van der Waals surface area contributed by atoms with Gasteiger partial charge in [-0.05, 0) is 51.8 Å². The van der Waals surface area contributed by atoms with Gasteiger partial charge in [-0.25, -0.2) is 0 Å². The highest BCUT2D eigenvalue weighted by atomic mass is 28.3. The lowest BCUT2D eigenvalue weighted by Gasteiger charge is -2.35. The van der Waals surface area contributed by atoms with Crippen molar-refractivity contribution in [2.24, 2.45) is 0 Å². The van der Waals surface area contributed by atoms with E-state index in [-0.39, 0.29) is 0 Å². The van der Waals surface area contributed by atoms with E-state index in [4.69, 9.17) is 0 Å². The second kappa shape index (κ2) is 6.46. The van der Waals surface area contributed by atoms with Gasteiger partial charge in [-0.1, -0.05) is 93.2 Å². The summed E-state index contributed by atoms with van der Waals surface area (Å²) in [7, 11) is -1.58. The van der Waals surface area contributed by atoms with Crippen LogP contribution in [0.3, 0.4) is 0 Å². The Bertz CT molecular complexity index is 841. The Balaban J connectivity index is 1.73. The summed E-state index contributed by atoms with van der Waals surface area (Å²) in [5.74, 6) is 0. The van der Waals surface area contributed by atoms with Gasteiger partial charge in [0.2, 0.25) is 0 Å². The first-order valence-electron chi connectivity index (χ1n) is 9.70. The molecule has 0 fully saturated rings. The van der Waals surface area contributed by atoms with Crippen molar-refractivity contribution in [2.45, 2.75) is 50.4 Å². The molecule has 1 heteroatoms. The number of fused-ring (bicyclic) bond motifs is 2. The predicted octanol–water partition coefficient (Wildman–Crippen LogP) is 6.95. The largest absolute Gasteiger partial charge is 0.0791 e. The van der Waals surface area contributed by atoms with Crippen molar-refractivity contribution in [2.75, 3.05) is 0 Å². The van der Waals surface area contributed by atoms with E-state index < -0.39 is 8.07 Å². The van der Waals surface area contributed by atoms with Crippen LogP contribution >= 0.6 is 0 Å². The molecule has 0 radical (unpaired) electrons. The van der Waals surface area contributed by atoms with E-state index in [1.54, 1.807) is 16.7 Å². The van der Waals surface area contributed by atoms with Crippen LogP contribution in [-0.4, -0.2) is 8.07 Å². The lowest BCUT2D eigenvalue weighted by molar-refractivity contribution is 0.825. The smallest absolute Gasteiger partial charge is 0.0715 e. The fourth-order valence-electron chi connectivity index (χ4n) is 4.73. The van der Waals surface area contributed by atoms with Crippen molar-refractivity contribution >= 4 is 19.7 Å². The van der Waals surface area contributed by atoms with Crippen LogP contribution in [0.15, 0.2) is 60.7 Å². The van der Waals surface area contributed by atoms with Crippen LogP contribution in [0.25, 0.3) is 11.6 Å². The summed E-state index contributed by atoms with van der Waals surface area (Å²) in [6.07, 6.45) is 11.3. The molecule has 2 aromatic rings. The maximum atomic E-state index is 2.64. The summed E-state index contributed by atoms with van der Waals surface area (Å²) in [5, 5.41) is 0. The van der Waals surface area contributed by atoms with Crippen LogP contribution in [0.1, 0.15) is 59.5 Å². The third-order valence-electron chi connectivity index (χ3n) is 6.21. The minimum absolute atomic E-state index is 0.614. The van der Waals surface area contributed by atoms with Gasteiger partial charge in [0.25, 0.3) is 0 Å². The average Bonchev–Trinajstić information content (AvgIpc) is 3.22. The van der Waals surface area contributed by atoms with E-state index in [9.17, 15) is 0 Å². The van der Waals surface area contributed by atoms with Crippen LogP contribution in [0.5, 0.6) is 0 Å². The first kappa shape index (κ1) is 16.6. The summed E-state index contributed by atoms with van der Waals surface area (Å²) in [6.45, 7) is 7.47. The van der Waals surface area contributed by atoms with Crippen LogP contribution < -0.4 is 0 Å². The van der Waals surface area contributed by atoms with Gasteiger partial charge >= 0.3 is 0 Å². The van der Waals surface area contributed by atoms with Crippen LogP contribution in [-0.2, 0) is 0 Å². The van der Waals surface area contributed by atoms with E-state index in [2.05, 4.69) is 86.8 Å². The van der Waals surface area contributed by atoms with Gasteiger partial charge in [0.05, 0.1) is 8.07 Å². The summed E-state index contributed by atoms with van der Waals surface area (Å²) < 4.78 is 0. The van der Waals surface area contributed by atoms with Gasteiger partial charge in [-0.3, -0.25) is 0 Å². The Morgan fingerprint density at radius 3 is 2.40 bits per heavy atom. The van der Waals surface area contributed by atoms with Crippen molar-refractivity contribution in [1.29, 1.82) is 0 Å². The zero-order chi connectivity index (χ0) is 17.4. The minimum atomic E-state index is -1.58. The first-order valence-corrected chi connectivity index (χ1v) is 12.9. The zero-order valence-electron chi connectivity index (χ0n) is 15.6. The topological polar surface area (TPSA) is 0 Å². The Kier molecular flexibility index (Phi) is 4.29. The highest BCUT2D eigenvalue weighted by molar-refractivity contribution is 6.81. The number of hydrogen-bond acceptors (Lipinski definition) is 0. The summed E-state index contributed by atoms with van der Waals surface area (Å²) in [6, 6.07) is 18.1. The van der Waals surface area contributed by atoms with Crippen LogP contribution in [0.2, 0.25) is 13.1 Å². The van der Waals surface area contributed by atoms with Crippen LogP contribution in [0, 0.1) is 0 Å².